The van der Waals surface area contributed by atoms with E-state index >= 15 is 0 Å². The molecule has 1 aromatic carbocycles. The number of hydrogen-bond donors (Lipinski definition) is 3. The molecule has 1 unspecified atom stereocenters. The average molecular weight is 381 g/mol. The molecular weight excluding hydrogens is 354 g/mol. The molecule has 0 radical (unpaired) electrons. The van der Waals surface area contributed by atoms with Gasteiger partial charge < -0.3 is 21.7 Å². The fourth-order valence-corrected chi connectivity index (χ4v) is 3.56. The largest absolute Gasteiger partial charge is 0.397 e. The van der Waals surface area contributed by atoms with Crippen molar-refractivity contribution in [1.82, 2.24) is 15.2 Å². The fraction of sp³-hybridized carbons (Fsp3) is 0.381. The highest BCUT2D eigenvalue weighted by Crippen LogP contribution is 2.23. The predicted molar refractivity (Wildman–Crippen MR) is 109 cm³/mol. The van der Waals surface area contributed by atoms with Gasteiger partial charge in [0.05, 0.1) is 17.3 Å². The number of amides is 2. The molecule has 7 nitrogen and oxygen atoms in total. The van der Waals surface area contributed by atoms with Crippen LogP contribution >= 0.6 is 0 Å². The van der Waals surface area contributed by atoms with Crippen LogP contribution in [0.3, 0.4) is 0 Å². The van der Waals surface area contributed by atoms with Gasteiger partial charge in [-0.2, -0.15) is 0 Å². The van der Waals surface area contributed by atoms with Crippen molar-refractivity contribution in [3.8, 4) is 11.3 Å². The van der Waals surface area contributed by atoms with Gasteiger partial charge in [-0.25, -0.2) is 0 Å². The standard InChI is InChI=1S/C21H27N5O2/c22-18-8-2-9-24-19(18)15-5-1-6-16(13-15)21(28)25-10-4-12-26-11-3-7-17(14-26)20(23)27/h1-2,5-6,8-9,13,17H,3-4,7,10-12,14,22H2,(H2,23,27)(H,25,28). The predicted octanol–water partition coefficient (Wildman–Crippen LogP) is 1.65. The van der Waals surface area contributed by atoms with Gasteiger partial charge >= 0.3 is 0 Å². The summed E-state index contributed by atoms with van der Waals surface area (Å²) in [4.78, 5) is 30.4. The van der Waals surface area contributed by atoms with E-state index in [1.807, 2.05) is 12.1 Å². The number of hydrogen-bond acceptors (Lipinski definition) is 5. The maximum absolute atomic E-state index is 12.5. The molecule has 2 amide bonds. The number of pyridine rings is 1. The molecule has 1 saturated heterocycles. The summed E-state index contributed by atoms with van der Waals surface area (Å²) in [6.45, 7) is 3.11. The van der Waals surface area contributed by atoms with Crippen molar-refractivity contribution in [2.45, 2.75) is 19.3 Å². The monoisotopic (exact) mass is 381 g/mol. The van der Waals surface area contributed by atoms with Crippen LogP contribution in [0.25, 0.3) is 11.3 Å². The number of nitrogen functional groups attached to an aromatic ring is 1. The Morgan fingerprint density at radius 3 is 2.89 bits per heavy atom. The van der Waals surface area contributed by atoms with Crippen molar-refractivity contribution in [1.29, 1.82) is 0 Å². The molecule has 1 aromatic heterocycles. The van der Waals surface area contributed by atoms with Crippen molar-refractivity contribution in [3.63, 3.8) is 0 Å². The maximum Gasteiger partial charge on any atom is 0.251 e. The minimum Gasteiger partial charge on any atom is -0.397 e. The number of carbonyl (C=O) groups excluding carboxylic acids is 2. The molecule has 1 aliphatic rings. The smallest absolute Gasteiger partial charge is 0.251 e. The quantitative estimate of drug-likeness (QED) is 0.631. The van der Waals surface area contributed by atoms with Crippen molar-refractivity contribution in [2.24, 2.45) is 11.7 Å². The lowest BCUT2D eigenvalue weighted by Gasteiger charge is -2.31. The lowest BCUT2D eigenvalue weighted by Crippen LogP contribution is -2.42. The number of carbonyl (C=O) groups is 2. The molecule has 148 valence electrons. The normalized spacial score (nSPS) is 17.2. The van der Waals surface area contributed by atoms with Crippen molar-refractivity contribution in [2.75, 3.05) is 31.9 Å². The third-order valence-corrected chi connectivity index (χ3v) is 5.08. The molecule has 0 bridgehead atoms. The first-order chi connectivity index (χ1) is 13.5. The highest BCUT2D eigenvalue weighted by atomic mass is 16.2. The minimum atomic E-state index is -0.216. The highest BCUT2D eigenvalue weighted by Gasteiger charge is 2.23. The molecule has 28 heavy (non-hydrogen) atoms. The number of anilines is 1. The molecule has 0 saturated carbocycles. The van der Waals surface area contributed by atoms with Gasteiger partial charge in [0, 0.05) is 30.4 Å². The van der Waals surface area contributed by atoms with Gasteiger partial charge in [0.1, 0.15) is 0 Å². The lowest BCUT2D eigenvalue weighted by molar-refractivity contribution is -0.123. The zero-order chi connectivity index (χ0) is 19.9. The number of nitrogens with two attached hydrogens (primary N) is 2. The van der Waals surface area contributed by atoms with E-state index in [1.54, 1.807) is 30.5 Å². The lowest BCUT2D eigenvalue weighted by atomic mass is 9.97. The van der Waals surface area contributed by atoms with Gasteiger partial charge in [-0.3, -0.25) is 14.6 Å². The van der Waals surface area contributed by atoms with Gasteiger partial charge in [-0.1, -0.05) is 12.1 Å². The number of aromatic nitrogens is 1. The average Bonchev–Trinajstić information content (AvgIpc) is 2.71. The van der Waals surface area contributed by atoms with E-state index in [-0.39, 0.29) is 17.7 Å². The fourth-order valence-electron chi connectivity index (χ4n) is 3.56. The third kappa shape index (κ3) is 5.07. The first-order valence-corrected chi connectivity index (χ1v) is 9.65. The summed E-state index contributed by atoms with van der Waals surface area (Å²) in [5, 5.41) is 2.96. The van der Waals surface area contributed by atoms with E-state index in [0.29, 0.717) is 23.5 Å². The van der Waals surface area contributed by atoms with Crippen molar-refractivity contribution >= 4 is 17.5 Å². The summed E-state index contributed by atoms with van der Waals surface area (Å²) in [5.41, 5.74) is 14.0. The van der Waals surface area contributed by atoms with Crippen LogP contribution in [0, 0.1) is 5.92 Å². The molecule has 1 aliphatic heterocycles. The second kappa shape index (κ2) is 9.32. The summed E-state index contributed by atoms with van der Waals surface area (Å²) in [6.07, 6.45) is 4.37. The van der Waals surface area contributed by atoms with Crippen molar-refractivity contribution in [3.05, 3.63) is 48.2 Å². The Kier molecular flexibility index (Phi) is 6.60. The molecule has 7 heteroatoms. The highest BCUT2D eigenvalue weighted by molar-refractivity contribution is 5.95. The number of nitrogens with one attached hydrogen (secondary N) is 1. The Balaban J connectivity index is 1.50. The second-order valence-electron chi connectivity index (χ2n) is 7.17. The van der Waals surface area contributed by atoms with Gasteiger partial charge in [0.15, 0.2) is 0 Å². The van der Waals surface area contributed by atoms with Gasteiger partial charge in [0.25, 0.3) is 5.91 Å². The SMILES string of the molecule is NC(=O)C1CCCN(CCCNC(=O)c2cccc(-c3ncccc3N)c2)C1. The van der Waals surface area contributed by atoms with Gasteiger partial charge in [-0.15, -0.1) is 0 Å². The molecule has 5 N–H and O–H groups in total. The van der Waals surface area contributed by atoms with Crippen LogP contribution in [-0.4, -0.2) is 47.9 Å². The molecule has 1 fully saturated rings. The van der Waals surface area contributed by atoms with Crippen LogP contribution in [0.5, 0.6) is 0 Å². The van der Waals surface area contributed by atoms with E-state index in [2.05, 4.69) is 15.2 Å². The zero-order valence-electron chi connectivity index (χ0n) is 15.9. The summed E-state index contributed by atoms with van der Waals surface area (Å²) in [6, 6.07) is 10.9. The Morgan fingerprint density at radius 1 is 1.25 bits per heavy atom. The molecule has 3 rings (SSSR count). The Labute approximate surface area is 165 Å². The topological polar surface area (TPSA) is 114 Å². The van der Waals surface area contributed by atoms with E-state index in [1.165, 1.54) is 0 Å². The van der Waals surface area contributed by atoms with Gasteiger partial charge in [0.2, 0.25) is 5.91 Å². The van der Waals surface area contributed by atoms with Crippen LogP contribution in [0.4, 0.5) is 5.69 Å². The summed E-state index contributed by atoms with van der Waals surface area (Å²) in [7, 11) is 0. The number of piperidine rings is 1. The van der Waals surface area contributed by atoms with Crippen molar-refractivity contribution < 1.29 is 9.59 Å². The number of benzene rings is 1. The van der Waals surface area contributed by atoms with Gasteiger partial charge in [-0.05, 0) is 56.6 Å². The Hall–Kier alpha value is -2.93. The number of rotatable bonds is 7. The van der Waals surface area contributed by atoms with Crippen LogP contribution in [0.1, 0.15) is 29.6 Å². The summed E-state index contributed by atoms with van der Waals surface area (Å²) in [5.74, 6) is -0.387. The maximum atomic E-state index is 12.5. The second-order valence-corrected chi connectivity index (χ2v) is 7.17. The Bertz CT molecular complexity index is 839. The zero-order valence-corrected chi connectivity index (χ0v) is 15.9. The molecule has 0 spiro atoms. The van der Waals surface area contributed by atoms with E-state index in [0.717, 1.165) is 44.5 Å². The van der Waals surface area contributed by atoms with Crippen LogP contribution < -0.4 is 16.8 Å². The van der Waals surface area contributed by atoms with E-state index < -0.39 is 0 Å². The first kappa shape index (κ1) is 19.8. The number of primary amides is 1. The molecule has 2 aromatic rings. The number of likely N-dealkylation sites (tertiary alicyclic amines) is 1. The first-order valence-electron chi connectivity index (χ1n) is 9.65. The molecule has 1 atom stereocenters. The summed E-state index contributed by atoms with van der Waals surface area (Å²) >= 11 is 0. The molecule has 0 aliphatic carbocycles. The van der Waals surface area contributed by atoms with Crippen LogP contribution in [0.2, 0.25) is 0 Å². The van der Waals surface area contributed by atoms with Crippen LogP contribution in [0.15, 0.2) is 42.6 Å². The third-order valence-electron chi connectivity index (χ3n) is 5.08. The van der Waals surface area contributed by atoms with E-state index in [9.17, 15) is 9.59 Å². The summed E-state index contributed by atoms with van der Waals surface area (Å²) < 4.78 is 0. The number of nitrogens with zero attached hydrogens (tertiary/aromatic N) is 2. The van der Waals surface area contributed by atoms with Crippen LogP contribution in [-0.2, 0) is 4.79 Å². The van der Waals surface area contributed by atoms with E-state index in [4.69, 9.17) is 11.5 Å². The molecule has 2 heterocycles. The Morgan fingerprint density at radius 2 is 2.11 bits per heavy atom. The molecular formula is C21H27N5O2. The minimum absolute atomic E-state index is 0.0508.